The van der Waals surface area contributed by atoms with Crippen LogP contribution in [0.25, 0.3) is 0 Å². The molecule has 20 heavy (non-hydrogen) atoms. The van der Waals surface area contributed by atoms with E-state index in [1.165, 1.54) is 0 Å². The van der Waals surface area contributed by atoms with Gasteiger partial charge >= 0.3 is 0 Å². The lowest BCUT2D eigenvalue weighted by atomic mass is 9.62. The van der Waals surface area contributed by atoms with E-state index in [1.54, 1.807) is 18.2 Å². The fraction of sp³-hybridized carbons (Fsp3) is 0.625. The van der Waals surface area contributed by atoms with E-state index in [4.69, 9.17) is 28.9 Å². The molecule has 0 aliphatic heterocycles. The number of benzene rings is 1. The van der Waals surface area contributed by atoms with Gasteiger partial charge in [0.2, 0.25) is 0 Å². The Morgan fingerprint density at radius 2 is 1.80 bits per heavy atom. The zero-order valence-corrected chi connectivity index (χ0v) is 13.6. The predicted octanol–water partition coefficient (Wildman–Crippen LogP) is 4.57. The average Bonchev–Trinajstić information content (AvgIpc) is 2.41. The van der Waals surface area contributed by atoms with Gasteiger partial charge in [-0.05, 0) is 49.3 Å². The van der Waals surface area contributed by atoms with E-state index in [9.17, 15) is 5.11 Å². The molecule has 2 nitrogen and oxygen atoms in total. The third-order valence-corrected chi connectivity index (χ3v) is 5.42. The van der Waals surface area contributed by atoms with Gasteiger partial charge in [0.05, 0.1) is 6.10 Å². The minimum atomic E-state index is -0.658. The number of halogens is 2. The number of nitrogens with two attached hydrogens (primary N) is 1. The maximum absolute atomic E-state index is 10.8. The van der Waals surface area contributed by atoms with Gasteiger partial charge < -0.3 is 10.8 Å². The molecule has 1 fully saturated rings. The van der Waals surface area contributed by atoms with Crippen LogP contribution >= 0.6 is 23.2 Å². The molecule has 4 heteroatoms. The van der Waals surface area contributed by atoms with Gasteiger partial charge in [0.1, 0.15) is 0 Å². The Balaban J connectivity index is 2.30. The molecular weight excluding hydrogens is 293 g/mol. The number of hydrogen-bond donors (Lipinski definition) is 2. The molecule has 1 aliphatic rings. The van der Waals surface area contributed by atoms with Crippen molar-refractivity contribution in [2.24, 2.45) is 16.6 Å². The molecule has 0 bridgehead atoms. The zero-order valence-electron chi connectivity index (χ0n) is 12.1. The van der Waals surface area contributed by atoms with Crippen LogP contribution in [0.5, 0.6) is 0 Å². The molecule has 1 unspecified atom stereocenters. The maximum Gasteiger partial charge on any atom is 0.0873 e. The van der Waals surface area contributed by atoms with Gasteiger partial charge in [-0.15, -0.1) is 0 Å². The molecule has 0 heterocycles. The summed E-state index contributed by atoms with van der Waals surface area (Å²) in [4.78, 5) is 0. The van der Waals surface area contributed by atoms with Crippen LogP contribution in [-0.4, -0.2) is 11.7 Å². The van der Waals surface area contributed by atoms with Crippen molar-refractivity contribution in [2.75, 3.05) is 6.54 Å². The highest BCUT2D eigenvalue weighted by molar-refractivity contribution is 6.33. The lowest BCUT2D eigenvalue weighted by molar-refractivity contribution is -0.0235. The van der Waals surface area contributed by atoms with Gasteiger partial charge in [-0.3, -0.25) is 0 Å². The van der Waals surface area contributed by atoms with Crippen LogP contribution in [0, 0.1) is 10.8 Å². The van der Waals surface area contributed by atoms with Crippen molar-refractivity contribution >= 4 is 23.2 Å². The van der Waals surface area contributed by atoms with Gasteiger partial charge in [-0.25, -0.2) is 0 Å². The smallest absolute Gasteiger partial charge is 0.0873 e. The highest BCUT2D eigenvalue weighted by Crippen LogP contribution is 2.51. The molecule has 0 amide bonds. The maximum atomic E-state index is 10.8. The predicted molar refractivity (Wildman–Crippen MR) is 85.2 cm³/mol. The van der Waals surface area contributed by atoms with Crippen LogP contribution in [0.3, 0.4) is 0 Å². The molecule has 1 aromatic carbocycles. The fourth-order valence-corrected chi connectivity index (χ4v) is 3.47. The van der Waals surface area contributed by atoms with Crippen molar-refractivity contribution in [3.05, 3.63) is 33.8 Å². The van der Waals surface area contributed by atoms with E-state index in [1.807, 2.05) is 0 Å². The van der Waals surface area contributed by atoms with Crippen molar-refractivity contribution in [1.29, 1.82) is 0 Å². The van der Waals surface area contributed by atoms with Gasteiger partial charge in [0.25, 0.3) is 0 Å². The largest absolute Gasteiger partial charge is 0.388 e. The first kappa shape index (κ1) is 16.1. The Morgan fingerprint density at radius 1 is 1.20 bits per heavy atom. The monoisotopic (exact) mass is 315 g/mol. The van der Waals surface area contributed by atoms with Crippen LogP contribution in [0.15, 0.2) is 18.2 Å². The molecule has 1 aliphatic carbocycles. The second-order valence-electron chi connectivity index (χ2n) is 6.80. The van der Waals surface area contributed by atoms with Gasteiger partial charge in [-0.2, -0.15) is 0 Å². The molecule has 1 atom stereocenters. The molecule has 0 radical (unpaired) electrons. The van der Waals surface area contributed by atoms with E-state index in [0.717, 1.165) is 25.7 Å². The summed E-state index contributed by atoms with van der Waals surface area (Å²) in [7, 11) is 0. The first-order valence-electron chi connectivity index (χ1n) is 7.13. The molecular formula is C16H23Cl2NO. The minimum absolute atomic E-state index is 0.288. The van der Waals surface area contributed by atoms with Crippen molar-refractivity contribution in [1.82, 2.24) is 0 Å². The van der Waals surface area contributed by atoms with E-state index >= 15 is 0 Å². The fourth-order valence-electron chi connectivity index (χ4n) is 3.07. The van der Waals surface area contributed by atoms with Crippen LogP contribution in [0.4, 0.5) is 0 Å². The zero-order chi connectivity index (χ0) is 15.0. The molecule has 112 valence electrons. The number of aliphatic hydroxyl groups is 1. The second kappa shape index (κ2) is 5.84. The summed E-state index contributed by atoms with van der Waals surface area (Å²) in [5.74, 6) is 0. The SMILES string of the molecule is CC1(C)CCC(CN)(C(O)c2cc(Cl)ccc2Cl)CC1. The Bertz CT molecular complexity index is 477. The number of rotatable bonds is 3. The quantitative estimate of drug-likeness (QED) is 0.858. The molecule has 2 rings (SSSR count). The normalized spacial score (nSPS) is 22.5. The topological polar surface area (TPSA) is 46.2 Å². The highest BCUT2D eigenvalue weighted by atomic mass is 35.5. The lowest BCUT2D eigenvalue weighted by Gasteiger charge is -2.46. The standard InChI is InChI=1S/C16H23Cl2NO/c1-15(2)5-7-16(10-19,8-6-15)14(20)12-9-11(17)3-4-13(12)18/h3-4,9,14,20H,5-8,10,19H2,1-2H3. The van der Waals surface area contributed by atoms with Crippen LogP contribution in [0.1, 0.15) is 51.2 Å². The molecule has 1 saturated carbocycles. The number of aliphatic hydroxyl groups excluding tert-OH is 1. The Labute approximate surface area is 131 Å². The second-order valence-corrected chi connectivity index (χ2v) is 7.64. The summed E-state index contributed by atoms with van der Waals surface area (Å²) in [5, 5.41) is 12.0. The first-order valence-corrected chi connectivity index (χ1v) is 7.88. The highest BCUT2D eigenvalue weighted by Gasteiger charge is 2.43. The van der Waals surface area contributed by atoms with E-state index in [2.05, 4.69) is 13.8 Å². The molecule has 1 aromatic rings. The van der Waals surface area contributed by atoms with Crippen molar-refractivity contribution in [3.8, 4) is 0 Å². The third kappa shape index (κ3) is 3.14. The molecule has 3 N–H and O–H groups in total. The van der Waals surface area contributed by atoms with Crippen LogP contribution in [0.2, 0.25) is 10.0 Å². The summed E-state index contributed by atoms with van der Waals surface area (Å²) in [5.41, 5.74) is 6.76. The van der Waals surface area contributed by atoms with Crippen molar-refractivity contribution in [2.45, 2.75) is 45.6 Å². The average molecular weight is 316 g/mol. The first-order chi connectivity index (χ1) is 9.30. The number of hydrogen-bond acceptors (Lipinski definition) is 2. The van der Waals surface area contributed by atoms with E-state index in [0.29, 0.717) is 27.6 Å². The summed E-state index contributed by atoms with van der Waals surface area (Å²) in [6.45, 7) is 5.01. The Kier molecular flexibility index (Phi) is 4.70. The van der Waals surface area contributed by atoms with Gasteiger partial charge in [0.15, 0.2) is 0 Å². The van der Waals surface area contributed by atoms with Gasteiger partial charge in [0, 0.05) is 27.6 Å². The summed E-state index contributed by atoms with van der Waals surface area (Å²) in [6.07, 6.45) is 3.31. The van der Waals surface area contributed by atoms with Crippen molar-refractivity contribution in [3.63, 3.8) is 0 Å². The minimum Gasteiger partial charge on any atom is -0.388 e. The molecule has 0 spiro atoms. The molecule has 0 saturated heterocycles. The Hall–Kier alpha value is -0.280. The van der Waals surface area contributed by atoms with Crippen LogP contribution in [-0.2, 0) is 0 Å². The lowest BCUT2D eigenvalue weighted by Crippen LogP contribution is -2.42. The Morgan fingerprint density at radius 3 is 2.35 bits per heavy atom. The van der Waals surface area contributed by atoms with Gasteiger partial charge in [-0.1, -0.05) is 37.0 Å². The summed E-state index contributed by atoms with van der Waals surface area (Å²) >= 11 is 12.3. The molecule has 0 aromatic heterocycles. The van der Waals surface area contributed by atoms with Crippen LogP contribution < -0.4 is 5.73 Å². The van der Waals surface area contributed by atoms with Crippen molar-refractivity contribution < 1.29 is 5.11 Å². The third-order valence-electron chi connectivity index (χ3n) is 4.84. The summed E-state index contributed by atoms with van der Waals surface area (Å²) in [6, 6.07) is 5.23. The van der Waals surface area contributed by atoms with E-state index < -0.39 is 6.10 Å². The van der Waals surface area contributed by atoms with E-state index in [-0.39, 0.29) is 5.41 Å². The summed E-state index contributed by atoms with van der Waals surface area (Å²) < 4.78 is 0.